The Morgan fingerprint density at radius 1 is 0.714 bits per heavy atom. The van der Waals surface area contributed by atoms with Crippen molar-refractivity contribution in [2.75, 3.05) is 14.2 Å². The van der Waals surface area contributed by atoms with Gasteiger partial charge in [-0.3, -0.25) is 0 Å². The summed E-state index contributed by atoms with van der Waals surface area (Å²) in [6.45, 7) is 0. The van der Waals surface area contributed by atoms with Gasteiger partial charge in [-0.1, -0.05) is 0 Å². The summed E-state index contributed by atoms with van der Waals surface area (Å²) in [5, 5.41) is 0. The van der Waals surface area contributed by atoms with Crippen molar-refractivity contribution in [2.45, 2.75) is 0 Å². The van der Waals surface area contributed by atoms with Crippen LogP contribution in [-0.4, -0.2) is 26.2 Å². The van der Waals surface area contributed by atoms with E-state index < -0.39 is 24.6 Å². The second kappa shape index (κ2) is 7.36. The Morgan fingerprint density at radius 3 is 1.33 bits per heavy atom. The minimum absolute atomic E-state index is 0.319. The first-order valence-corrected chi connectivity index (χ1v) is 12.0. The number of methoxy groups -OCH3 is 2. The molecule has 104 valence electrons. The molecule has 0 saturated carbocycles. The van der Waals surface area contributed by atoms with Crippen molar-refractivity contribution in [2.24, 2.45) is 0 Å². The summed E-state index contributed by atoms with van der Waals surface area (Å²) in [5.74, 6) is -0.638. The average Bonchev–Trinajstić information content (AvgIpc) is 2.55. The van der Waals surface area contributed by atoms with Gasteiger partial charge in [-0.15, -0.1) is 0 Å². The van der Waals surface area contributed by atoms with E-state index in [2.05, 4.69) is 9.47 Å². The van der Waals surface area contributed by atoms with Gasteiger partial charge in [-0.25, -0.2) is 0 Å². The third-order valence-electron chi connectivity index (χ3n) is 3.16. The Kier molecular flexibility index (Phi) is 5.50. The van der Waals surface area contributed by atoms with Crippen molar-refractivity contribution < 1.29 is 43.6 Å². The van der Waals surface area contributed by atoms with Gasteiger partial charge in [0.1, 0.15) is 0 Å². The first-order chi connectivity index (χ1) is 10.1. The molecule has 0 fully saturated rings. The summed E-state index contributed by atoms with van der Waals surface area (Å²) >= 11 is -1.45. The van der Waals surface area contributed by atoms with Gasteiger partial charge in [-0.2, -0.15) is 0 Å². The standard InChI is InChI=1S/2C8H7O2.Hg/c2*1-10-8(9)7-5-3-2-4-6-7;/h2*3-6H,1H3;. The number of ether oxygens (including phenoxy) is 2. The van der Waals surface area contributed by atoms with Crippen molar-refractivity contribution >= 4 is 18.1 Å². The first kappa shape index (κ1) is 15.7. The molecule has 0 spiro atoms. The molecular weight excluding hydrogens is 457 g/mol. The van der Waals surface area contributed by atoms with Gasteiger partial charge in [0.2, 0.25) is 0 Å². The summed E-state index contributed by atoms with van der Waals surface area (Å²) in [6.07, 6.45) is 0. The van der Waals surface area contributed by atoms with Gasteiger partial charge in [0.25, 0.3) is 0 Å². The van der Waals surface area contributed by atoms with E-state index in [9.17, 15) is 9.59 Å². The van der Waals surface area contributed by atoms with Crippen molar-refractivity contribution in [3.63, 3.8) is 0 Å². The first-order valence-electron chi connectivity index (χ1n) is 6.48. The molecule has 0 radical (unpaired) electrons. The van der Waals surface area contributed by atoms with Crippen LogP contribution in [0.3, 0.4) is 0 Å². The monoisotopic (exact) mass is 472 g/mol. The van der Waals surface area contributed by atoms with Crippen LogP contribution in [0.1, 0.15) is 20.7 Å². The Bertz CT molecular complexity index is 575. The second-order valence-corrected chi connectivity index (χ2v) is 12.3. The van der Waals surface area contributed by atoms with Crippen LogP contribution >= 0.6 is 0 Å². The summed E-state index contributed by atoms with van der Waals surface area (Å²) < 4.78 is 12.0. The molecule has 0 bridgehead atoms. The molecule has 2 rings (SSSR count). The Morgan fingerprint density at radius 2 is 1.05 bits per heavy atom. The minimum atomic E-state index is -1.45. The van der Waals surface area contributed by atoms with Crippen molar-refractivity contribution in [3.05, 3.63) is 59.7 Å². The van der Waals surface area contributed by atoms with E-state index in [0.717, 1.165) is 0 Å². The maximum atomic E-state index is 11.4. The maximum absolute atomic E-state index is 11.4. The molecule has 4 nitrogen and oxygen atoms in total. The molecule has 5 heteroatoms. The Hall–Kier alpha value is -1.68. The zero-order valence-corrected chi connectivity index (χ0v) is 17.5. The number of hydrogen-bond acceptors (Lipinski definition) is 4. The molecule has 0 saturated heterocycles. The summed E-state index contributed by atoms with van der Waals surface area (Å²) in [7, 11) is 2.75. The number of carbonyl (C=O) groups excluding carboxylic acids is 2. The molecule has 0 aliphatic heterocycles. The SMILES string of the molecule is COC(=O)c1cc[c]([Hg][c]2ccc(C(=O)OC)cc2)cc1. The van der Waals surface area contributed by atoms with Crippen LogP contribution in [0.15, 0.2) is 48.5 Å². The Balaban J connectivity index is 2.08. The normalized spacial score (nSPS) is 9.62. The number of rotatable bonds is 4. The molecule has 0 heterocycles. The number of benzene rings is 2. The molecule has 0 aliphatic rings. The van der Waals surface area contributed by atoms with Gasteiger partial charge >= 0.3 is 136 Å². The van der Waals surface area contributed by atoms with E-state index in [4.69, 9.17) is 0 Å². The van der Waals surface area contributed by atoms with E-state index in [1.807, 2.05) is 24.3 Å². The molecule has 2 aromatic rings. The van der Waals surface area contributed by atoms with Gasteiger partial charge in [0.05, 0.1) is 0 Å². The molecule has 0 amide bonds. The van der Waals surface area contributed by atoms with Gasteiger partial charge in [0.15, 0.2) is 0 Å². The van der Waals surface area contributed by atoms with Crippen molar-refractivity contribution in [3.8, 4) is 0 Å². The van der Waals surface area contributed by atoms with E-state index >= 15 is 0 Å². The summed E-state index contributed by atoms with van der Waals surface area (Å²) in [5.41, 5.74) is 1.13. The molecule has 0 N–H and O–H groups in total. The van der Waals surface area contributed by atoms with Crippen LogP contribution in [0.2, 0.25) is 0 Å². The van der Waals surface area contributed by atoms with E-state index in [1.54, 1.807) is 24.3 Å². The van der Waals surface area contributed by atoms with Crippen LogP contribution in [0, 0.1) is 0 Å². The zero-order chi connectivity index (χ0) is 15.2. The molecule has 0 aliphatic carbocycles. The van der Waals surface area contributed by atoms with Crippen LogP contribution in [0.25, 0.3) is 0 Å². The third kappa shape index (κ3) is 4.14. The summed E-state index contributed by atoms with van der Waals surface area (Å²) in [6, 6.07) is 15.1. The van der Waals surface area contributed by atoms with E-state index in [1.165, 1.54) is 20.4 Å². The second-order valence-electron chi connectivity index (χ2n) is 4.55. The van der Waals surface area contributed by atoms with Crippen LogP contribution in [0.4, 0.5) is 0 Å². The number of hydrogen-bond donors (Lipinski definition) is 0. The molecular formula is C16H14HgO4. The van der Waals surface area contributed by atoms with Crippen LogP contribution < -0.4 is 6.14 Å². The Labute approximate surface area is 135 Å². The van der Waals surface area contributed by atoms with Gasteiger partial charge in [0, 0.05) is 0 Å². The fourth-order valence-electron chi connectivity index (χ4n) is 1.99. The van der Waals surface area contributed by atoms with Gasteiger partial charge < -0.3 is 0 Å². The fraction of sp³-hybridized carbons (Fsp3) is 0.125. The third-order valence-corrected chi connectivity index (χ3v) is 10.00. The fourth-order valence-corrected chi connectivity index (χ4v) is 7.49. The van der Waals surface area contributed by atoms with E-state index in [0.29, 0.717) is 11.1 Å². The molecule has 2 aromatic carbocycles. The van der Waals surface area contributed by atoms with Crippen molar-refractivity contribution in [1.29, 1.82) is 0 Å². The number of esters is 2. The predicted octanol–water partition coefficient (Wildman–Crippen LogP) is 1.29. The zero-order valence-electron chi connectivity index (χ0n) is 12.0. The quantitative estimate of drug-likeness (QED) is 0.499. The topological polar surface area (TPSA) is 52.6 Å². The number of carbonyl (C=O) groups is 2. The molecule has 21 heavy (non-hydrogen) atoms. The molecule has 0 unspecified atom stereocenters. The average molecular weight is 471 g/mol. The molecule has 0 aromatic heterocycles. The van der Waals surface area contributed by atoms with Crippen LogP contribution in [0.5, 0.6) is 0 Å². The predicted molar refractivity (Wildman–Crippen MR) is 74.8 cm³/mol. The van der Waals surface area contributed by atoms with Crippen molar-refractivity contribution in [1.82, 2.24) is 0 Å². The van der Waals surface area contributed by atoms with E-state index in [-0.39, 0.29) is 11.9 Å². The van der Waals surface area contributed by atoms with Crippen LogP contribution in [-0.2, 0) is 34.0 Å². The molecule has 0 atom stereocenters. The summed E-state index contributed by atoms with van der Waals surface area (Å²) in [4.78, 5) is 22.7. The van der Waals surface area contributed by atoms with Gasteiger partial charge in [-0.05, 0) is 0 Å².